The molecule has 37 heavy (non-hydrogen) atoms. The highest BCUT2D eigenvalue weighted by Gasteiger charge is 2.13. The number of aryl methyl sites for hydroxylation is 2. The highest BCUT2D eigenvalue weighted by molar-refractivity contribution is 7.93. The number of rotatable bonds is 4. The van der Waals surface area contributed by atoms with Crippen molar-refractivity contribution < 1.29 is 13.8 Å². The van der Waals surface area contributed by atoms with E-state index in [0.29, 0.717) is 33.1 Å². The Balaban J connectivity index is 1.52. The maximum atomic E-state index is 13.0. The Morgan fingerprint density at radius 1 is 1.03 bits per heavy atom. The number of nitrogens with zero attached hydrogens (tertiary/aromatic N) is 4. The molecule has 0 aliphatic rings. The van der Waals surface area contributed by atoms with Crippen LogP contribution < -0.4 is 11.1 Å². The number of nitrogens with one attached hydrogen (secondary N) is 1. The zero-order chi connectivity index (χ0) is 26.6. The van der Waals surface area contributed by atoms with E-state index in [4.69, 9.17) is 5.73 Å². The summed E-state index contributed by atoms with van der Waals surface area (Å²) in [5, 5.41) is 7.03. The molecule has 4 rings (SSSR count). The van der Waals surface area contributed by atoms with E-state index in [1.54, 1.807) is 67.7 Å². The van der Waals surface area contributed by atoms with E-state index >= 15 is 0 Å². The first-order valence-electron chi connectivity index (χ1n) is 11.1. The molecule has 0 radical (unpaired) electrons. The predicted molar refractivity (Wildman–Crippen MR) is 143 cm³/mol. The maximum absolute atomic E-state index is 13.0. The van der Waals surface area contributed by atoms with Gasteiger partial charge in [0.2, 0.25) is 0 Å². The van der Waals surface area contributed by atoms with Gasteiger partial charge < -0.3 is 11.1 Å². The first kappa shape index (κ1) is 25.3. The molecule has 186 valence electrons. The molecule has 1 unspecified atom stereocenters. The highest BCUT2D eigenvalue weighted by atomic mass is 32.2. The van der Waals surface area contributed by atoms with Crippen molar-refractivity contribution in [3.8, 4) is 11.8 Å². The summed E-state index contributed by atoms with van der Waals surface area (Å²) >= 11 is 0. The van der Waals surface area contributed by atoms with Crippen LogP contribution in [0, 0.1) is 18.8 Å². The molecule has 2 amide bonds. The number of benzene rings is 2. The van der Waals surface area contributed by atoms with Crippen LogP contribution in [0.25, 0.3) is 0 Å². The minimum absolute atomic E-state index is 0.171. The fourth-order valence-corrected chi connectivity index (χ4v) is 4.61. The van der Waals surface area contributed by atoms with Gasteiger partial charge in [-0.05, 0) is 61.5 Å². The smallest absolute Gasteiger partial charge is 0.286 e. The van der Waals surface area contributed by atoms with Gasteiger partial charge in [-0.3, -0.25) is 19.3 Å². The van der Waals surface area contributed by atoms with Crippen LogP contribution in [-0.4, -0.2) is 37.0 Å². The Morgan fingerprint density at radius 2 is 1.76 bits per heavy atom. The summed E-state index contributed by atoms with van der Waals surface area (Å²) in [5.41, 5.74) is 9.28. The zero-order valence-electron chi connectivity index (χ0n) is 20.4. The second kappa shape index (κ2) is 10.5. The summed E-state index contributed by atoms with van der Waals surface area (Å²) in [6.45, 7) is 1.82. The molecule has 2 aromatic carbocycles. The fraction of sp³-hybridized carbons (Fsp3) is 0.111. The quantitative estimate of drug-likeness (QED) is 0.317. The monoisotopic (exact) mass is 512 g/mol. The van der Waals surface area contributed by atoms with E-state index in [0.717, 1.165) is 5.69 Å². The standard InChI is InChI=1S/C27H24N6O3S/c1-18-13-25(33(2)31-18)27(35)30-23-6-4-5-19(15-23)7-8-20-14-21(17-29-16-20)26(34)32-37(3,36)24-11-9-22(28)10-12-24/h4-6,9-17H,28H2,1-3H3,(H,30,35). The van der Waals surface area contributed by atoms with Crippen LogP contribution in [0.4, 0.5) is 11.4 Å². The second-order valence-electron chi connectivity index (χ2n) is 8.31. The number of aromatic nitrogens is 3. The molecule has 0 spiro atoms. The third-order valence-electron chi connectivity index (χ3n) is 5.27. The Hall–Kier alpha value is -4.75. The van der Waals surface area contributed by atoms with E-state index in [1.165, 1.54) is 23.3 Å². The summed E-state index contributed by atoms with van der Waals surface area (Å²) in [4.78, 5) is 29.8. The molecule has 2 aromatic heterocycles. The minimum atomic E-state index is -2.96. The molecule has 3 N–H and O–H groups in total. The molecule has 0 aliphatic carbocycles. The van der Waals surface area contributed by atoms with Gasteiger partial charge in [-0.1, -0.05) is 17.9 Å². The van der Waals surface area contributed by atoms with E-state index in [-0.39, 0.29) is 11.5 Å². The van der Waals surface area contributed by atoms with Crippen molar-refractivity contribution in [2.45, 2.75) is 11.8 Å². The Morgan fingerprint density at radius 3 is 2.46 bits per heavy atom. The van der Waals surface area contributed by atoms with Crippen molar-refractivity contribution >= 4 is 32.9 Å². The van der Waals surface area contributed by atoms with Gasteiger partial charge in [0.15, 0.2) is 0 Å². The highest BCUT2D eigenvalue weighted by Crippen LogP contribution is 2.16. The van der Waals surface area contributed by atoms with Crippen LogP contribution in [-0.2, 0) is 16.8 Å². The van der Waals surface area contributed by atoms with Gasteiger partial charge in [0.25, 0.3) is 11.8 Å². The predicted octanol–water partition coefficient (Wildman–Crippen LogP) is 3.65. The van der Waals surface area contributed by atoms with Gasteiger partial charge in [-0.25, -0.2) is 4.21 Å². The van der Waals surface area contributed by atoms with Crippen molar-refractivity contribution in [3.63, 3.8) is 0 Å². The van der Waals surface area contributed by atoms with Crippen molar-refractivity contribution in [1.29, 1.82) is 0 Å². The number of anilines is 2. The molecular formula is C27H24N6O3S. The second-order valence-corrected chi connectivity index (χ2v) is 10.6. The van der Waals surface area contributed by atoms with Gasteiger partial charge in [-0.15, -0.1) is 0 Å². The largest absolute Gasteiger partial charge is 0.399 e. The van der Waals surface area contributed by atoms with Crippen molar-refractivity contribution in [2.75, 3.05) is 17.3 Å². The number of hydrogen-bond donors (Lipinski definition) is 2. The van der Waals surface area contributed by atoms with Crippen molar-refractivity contribution in [2.24, 2.45) is 11.4 Å². The first-order chi connectivity index (χ1) is 17.6. The lowest BCUT2D eigenvalue weighted by Gasteiger charge is -2.05. The van der Waals surface area contributed by atoms with Crippen LogP contribution in [0.1, 0.15) is 37.7 Å². The first-order valence-corrected chi connectivity index (χ1v) is 13.0. The average molecular weight is 513 g/mol. The van der Waals surface area contributed by atoms with Crippen LogP contribution >= 0.6 is 0 Å². The van der Waals surface area contributed by atoms with Gasteiger partial charge in [-0.2, -0.15) is 9.46 Å². The molecule has 0 saturated heterocycles. The summed E-state index contributed by atoms with van der Waals surface area (Å²) < 4.78 is 18.4. The minimum Gasteiger partial charge on any atom is -0.399 e. The van der Waals surface area contributed by atoms with Crippen LogP contribution in [0.2, 0.25) is 0 Å². The van der Waals surface area contributed by atoms with E-state index < -0.39 is 15.6 Å². The molecule has 0 bridgehead atoms. The number of carbonyl (C=O) groups excluding carboxylic acids is 2. The summed E-state index contributed by atoms with van der Waals surface area (Å²) in [6.07, 6.45) is 4.27. The lowest BCUT2D eigenvalue weighted by atomic mass is 10.1. The molecule has 0 fully saturated rings. The van der Waals surface area contributed by atoms with E-state index in [9.17, 15) is 13.8 Å². The molecule has 1 atom stereocenters. The summed E-state index contributed by atoms with van der Waals surface area (Å²) in [6, 6.07) is 16.7. The summed E-state index contributed by atoms with van der Waals surface area (Å²) in [5.74, 6) is 5.03. The van der Waals surface area contributed by atoms with E-state index in [2.05, 4.69) is 31.6 Å². The van der Waals surface area contributed by atoms with Crippen molar-refractivity contribution in [1.82, 2.24) is 14.8 Å². The van der Waals surface area contributed by atoms with Gasteiger partial charge in [0.1, 0.15) is 5.69 Å². The molecule has 0 saturated carbocycles. The van der Waals surface area contributed by atoms with E-state index in [1.807, 2.05) is 6.92 Å². The SMILES string of the molecule is Cc1cc(C(=O)Nc2cccc(C#Cc3cncc(C(=O)N=S(C)(=O)c4ccc(N)cc4)c3)c2)n(C)n1. The lowest BCUT2D eigenvalue weighted by Crippen LogP contribution is -2.16. The third kappa shape index (κ3) is 6.28. The topological polar surface area (TPSA) is 132 Å². The zero-order valence-corrected chi connectivity index (χ0v) is 21.2. The number of carbonyl (C=O) groups is 2. The van der Waals surface area contributed by atoms with Gasteiger partial charge in [0, 0.05) is 53.1 Å². The van der Waals surface area contributed by atoms with Crippen LogP contribution in [0.3, 0.4) is 0 Å². The van der Waals surface area contributed by atoms with Crippen LogP contribution in [0.15, 0.2) is 82.3 Å². The normalized spacial score (nSPS) is 12.1. The maximum Gasteiger partial charge on any atom is 0.286 e. The number of nitrogen functional groups attached to an aromatic ring is 1. The Kier molecular flexibility index (Phi) is 7.18. The third-order valence-corrected chi connectivity index (χ3v) is 6.93. The Bertz CT molecular complexity index is 1690. The lowest BCUT2D eigenvalue weighted by molar-refractivity contribution is 0.0999. The Labute approximate surface area is 214 Å². The molecule has 2 heterocycles. The van der Waals surface area contributed by atoms with Gasteiger partial charge >= 0.3 is 0 Å². The molecule has 10 heteroatoms. The molecule has 4 aromatic rings. The van der Waals surface area contributed by atoms with Crippen molar-refractivity contribution in [3.05, 3.63) is 101 Å². The molecule has 9 nitrogen and oxygen atoms in total. The number of amides is 2. The molecular weight excluding hydrogens is 488 g/mol. The number of pyridine rings is 1. The number of nitrogens with two attached hydrogens (primary N) is 1. The average Bonchev–Trinajstić information content (AvgIpc) is 3.21. The van der Waals surface area contributed by atoms with Gasteiger partial charge in [0.05, 0.1) is 21.0 Å². The van der Waals surface area contributed by atoms with Crippen LogP contribution in [0.5, 0.6) is 0 Å². The fourth-order valence-electron chi connectivity index (χ4n) is 3.45. The summed E-state index contributed by atoms with van der Waals surface area (Å²) in [7, 11) is -1.25. The number of hydrogen-bond acceptors (Lipinski definition) is 6. The molecule has 0 aliphatic heterocycles.